The number of rotatable bonds is 6. The standard InChI is InChI=1S/C19H18N6O3S/c1-3-16(26)24-29(27)13-5-4-12(20-8-13)10-25-11-22-15-9-21-19-14(18(15)25)6-7-17(23-19)28-2/h4-9,11H,3,10H2,1-2H3,(H,24,26). The molecule has 4 aromatic heterocycles. The molecule has 0 fully saturated rings. The zero-order chi connectivity index (χ0) is 20.4. The van der Waals surface area contributed by atoms with Crippen molar-refractivity contribution in [2.75, 3.05) is 7.11 Å². The van der Waals surface area contributed by atoms with Crippen molar-refractivity contribution in [3.05, 3.63) is 48.7 Å². The second-order valence-corrected chi connectivity index (χ2v) is 7.44. The predicted molar refractivity (Wildman–Crippen MR) is 108 cm³/mol. The molecule has 0 aromatic carbocycles. The number of hydrogen-bond acceptors (Lipinski definition) is 7. The van der Waals surface area contributed by atoms with Gasteiger partial charge in [-0.05, 0) is 18.2 Å². The largest absolute Gasteiger partial charge is 0.481 e. The van der Waals surface area contributed by atoms with Crippen molar-refractivity contribution in [2.24, 2.45) is 0 Å². The third-order valence-electron chi connectivity index (χ3n) is 4.36. The number of aromatic nitrogens is 5. The average molecular weight is 410 g/mol. The van der Waals surface area contributed by atoms with E-state index >= 15 is 0 Å². The van der Waals surface area contributed by atoms with Crippen LogP contribution in [0.25, 0.3) is 22.1 Å². The molecule has 4 aromatic rings. The number of nitrogens with zero attached hydrogens (tertiary/aromatic N) is 5. The maximum absolute atomic E-state index is 12.1. The summed E-state index contributed by atoms with van der Waals surface area (Å²) in [6.45, 7) is 2.17. The van der Waals surface area contributed by atoms with Crippen molar-refractivity contribution in [1.29, 1.82) is 0 Å². The highest BCUT2D eigenvalue weighted by molar-refractivity contribution is 7.83. The summed E-state index contributed by atoms with van der Waals surface area (Å²) >= 11 is 0. The van der Waals surface area contributed by atoms with Crippen LogP contribution in [-0.2, 0) is 22.3 Å². The molecule has 1 unspecified atom stereocenters. The molecule has 9 nitrogen and oxygen atoms in total. The van der Waals surface area contributed by atoms with Crippen LogP contribution >= 0.6 is 0 Å². The number of pyridine rings is 3. The quantitative estimate of drug-likeness (QED) is 0.517. The van der Waals surface area contributed by atoms with Gasteiger partial charge in [0.25, 0.3) is 0 Å². The summed E-state index contributed by atoms with van der Waals surface area (Å²) in [5, 5.41) is 0.862. The molecular formula is C19H18N6O3S. The van der Waals surface area contributed by atoms with Gasteiger partial charge in [-0.3, -0.25) is 14.5 Å². The van der Waals surface area contributed by atoms with E-state index in [0.717, 1.165) is 22.1 Å². The zero-order valence-corrected chi connectivity index (χ0v) is 16.6. The highest BCUT2D eigenvalue weighted by Crippen LogP contribution is 2.24. The first kappa shape index (κ1) is 18.9. The molecule has 0 saturated carbocycles. The first-order valence-electron chi connectivity index (χ1n) is 8.90. The van der Waals surface area contributed by atoms with E-state index in [9.17, 15) is 9.00 Å². The fourth-order valence-corrected chi connectivity index (χ4v) is 3.69. The summed E-state index contributed by atoms with van der Waals surface area (Å²) in [4.78, 5) is 29.3. The Kier molecular flexibility index (Phi) is 5.17. The van der Waals surface area contributed by atoms with E-state index in [2.05, 4.69) is 24.7 Å². The summed E-state index contributed by atoms with van der Waals surface area (Å²) < 4.78 is 21.7. The molecule has 29 heavy (non-hydrogen) atoms. The van der Waals surface area contributed by atoms with Gasteiger partial charge >= 0.3 is 0 Å². The van der Waals surface area contributed by atoms with E-state index in [1.807, 2.05) is 10.6 Å². The lowest BCUT2D eigenvalue weighted by atomic mass is 10.2. The highest BCUT2D eigenvalue weighted by atomic mass is 32.2. The summed E-state index contributed by atoms with van der Waals surface area (Å²) in [7, 11) is -0.0516. The van der Waals surface area contributed by atoms with Gasteiger partial charge < -0.3 is 9.30 Å². The van der Waals surface area contributed by atoms with Crippen LogP contribution in [0.4, 0.5) is 0 Å². The maximum atomic E-state index is 12.1. The lowest BCUT2D eigenvalue weighted by Gasteiger charge is -2.08. The first-order valence-corrected chi connectivity index (χ1v) is 10.0. The number of imidazole rings is 1. The molecule has 0 saturated heterocycles. The van der Waals surface area contributed by atoms with Crippen LogP contribution in [0.5, 0.6) is 5.88 Å². The van der Waals surface area contributed by atoms with Crippen LogP contribution in [0.15, 0.2) is 47.9 Å². The van der Waals surface area contributed by atoms with E-state index in [0.29, 0.717) is 23.0 Å². The molecule has 0 aliphatic carbocycles. The molecule has 1 N–H and O–H groups in total. The van der Waals surface area contributed by atoms with Gasteiger partial charge in [-0.2, -0.15) is 4.98 Å². The van der Waals surface area contributed by atoms with Crippen molar-refractivity contribution >= 4 is 39.0 Å². The Hall–Kier alpha value is -3.40. The number of carbonyl (C=O) groups is 1. The Morgan fingerprint density at radius 1 is 1.17 bits per heavy atom. The molecule has 4 heterocycles. The summed E-state index contributed by atoms with van der Waals surface area (Å²) in [6, 6.07) is 7.17. The predicted octanol–water partition coefficient (Wildman–Crippen LogP) is 1.98. The molecule has 0 aliphatic heterocycles. The van der Waals surface area contributed by atoms with Crippen LogP contribution in [0.1, 0.15) is 19.0 Å². The van der Waals surface area contributed by atoms with E-state index in [-0.39, 0.29) is 12.3 Å². The van der Waals surface area contributed by atoms with Crippen molar-refractivity contribution in [3.8, 4) is 5.88 Å². The van der Waals surface area contributed by atoms with Gasteiger partial charge in [-0.15, -0.1) is 0 Å². The number of ether oxygens (including phenoxy) is 1. The fourth-order valence-electron chi connectivity index (χ4n) is 2.88. The van der Waals surface area contributed by atoms with E-state index in [1.54, 1.807) is 44.8 Å². The Morgan fingerprint density at radius 2 is 2.03 bits per heavy atom. The number of nitrogens with one attached hydrogen (secondary N) is 1. The number of fused-ring (bicyclic) bond motifs is 3. The van der Waals surface area contributed by atoms with Crippen LogP contribution in [-0.4, -0.2) is 41.7 Å². The van der Waals surface area contributed by atoms with Crippen LogP contribution in [0.3, 0.4) is 0 Å². The summed E-state index contributed by atoms with van der Waals surface area (Å²) in [5.74, 6) is 0.221. The minimum atomic E-state index is -1.61. The van der Waals surface area contributed by atoms with Crippen LogP contribution in [0, 0.1) is 0 Å². The van der Waals surface area contributed by atoms with Gasteiger partial charge in [0.1, 0.15) is 5.52 Å². The second-order valence-electron chi connectivity index (χ2n) is 6.22. The van der Waals surface area contributed by atoms with Gasteiger partial charge in [0, 0.05) is 24.1 Å². The number of hydrogen-bond donors (Lipinski definition) is 1. The monoisotopic (exact) mass is 410 g/mol. The Labute approximate surface area is 168 Å². The molecule has 0 spiro atoms. The summed E-state index contributed by atoms with van der Waals surface area (Å²) in [6.07, 6.45) is 5.18. The Bertz CT molecular complexity index is 1220. The summed E-state index contributed by atoms with van der Waals surface area (Å²) in [5.41, 5.74) is 2.99. The van der Waals surface area contributed by atoms with Gasteiger partial charge in [-0.25, -0.2) is 14.2 Å². The third-order valence-corrected chi connectivity index (χ3v) is 5.44. The highest BCUT2D eigenvalue weighted by Gasteiger charge is 2.12. The zero-order valence-electron chi connectivity index (χ0n) is 15.8. The Balaban J connectivity index is 1.63. The lowest BCUT2D eigenvalue weighted by molar-refractivity contribution is -0.118. The van der Waals surface area contributed by atoms with Gasteiger partial charge in [0.15, 0.2) is 16.6 Å². The van der Waals surface area contributed by atoms with Gasteiger partial charge in [0.2, 0.25) is 11.8 Å². The first-order chi connectivity index (χ1) is 14.1. The average Bonchev–Trinajstić information content (AvgIpc) is 3.16. The topological polar surface area (TPSA) is 112 Å². The normalized spacial score (nSPS) is 12.2. The van der Waals surface area contributed by atoms with E-state index in [4.69, 9.17) is 4.74 Å². The molecular weight excluding hydrogens is 392 g/mol. The lowest BCUT2D eigenvalue weighted by Crippen LogP contribution is -2.24. The van der Waals surface area contributed by atoms with Crippen molar-refractivity contribution in [3.63, 3.8) is 0 Å². The fraction of sp³-hybridized carbons (Fsp3) is 0.211. The molecule has 1 atom stereocenters. The minimum Gasteiger partial charge on any atom is -0.481 e. The molecule has 148 valence electrons. The molecule has 4 rings (SSSR count). The van der Waals surface area contributed by atoms with Crippen LogP contribution in [0.2, 0.25) is 0 Å². The second kappa shape index (κ2) is 7.92. The molecule has 1 amide bonds. The molecule has 0 bridgehead atoms. The van der Waals surface area contributed by atoms with Crippen molar-refractivity contribution in [1.82, 2.24) is 29.2 Å². The number of amides is 1. The van der Waals surface area contributed by atoms with E-state index < -0.39 is 11.0 Å². The number of methoxy groups -OCH3 is 1. The van der Waals surface area contributed by atoms with Crippen LogP contribution < -0.4 is 9.46 Å². The maximum Gasteiger partial charge on any atom is 0.231 e. The SMILES string of the molecule is CCC(=O)NS(=O)c1ccc(Cn2cnc3cnc4nc(OC)ccc4c32)nc1. The van der Waals surface area contributed by atoms with Crippen molar-refractivity contribution < 1.29 is 13.7 Å². The van der Waals surface area contributed by atoms with E-state index in [1.165, 1.54) is 6.20 Å². The third kappa shape index (κ3) is 3.79. The van der Waals surface area contributed by atoms with Gasteiger partial charge in [-0.1, -0.05) is 6.92 Å². The Morgan fingerprint density at radius 3 is 2.76 bits per heavy atom. The molecule has 0 radical (unpaired) electrons. The number of carbonyl (C=O) groups excluding carboxylic acids is 1. The molecule has 10 heteroatoms. The van der Waals surface area contributed by atoms with Crippen molar-refractivity contribution in [2.45, 2.75) is 24.8 Å². The molecule has 0 aliphatic rings. The smallest absolute Gasteiger partial charge is 0.231 e. The van der Waals surface area contributed by atoms with Gasteiger partial charge in [0.05, 0.1) is 42.3 Å². The minimum absolute atomic E-state index is 0.272.